The number of carbonyl (C=O) groups is 1. The van der Waals surface area contributed by atoms with Crippen molar-refractivity contribution in [2.75, 3.05) is 0 Å². The van der Waals surface area contributed by atoms with Crippen molar-refractivity contribution in [1.29, 1.82) is 5.26 Å². The van der Waals surface area contributed by atoms with Crippen molar-refractivity contribution in [3.8, 4) is 6.07 Å². The van der Waals surface area contributed by atoms with Crippen LogP contribution in [0.2, 0.25) is 0 Å². The molecule has 0 aromatic rings. The summed E-state index contributed by atoms with van der Waals surface area (Å²) in [6.45, 7) is 2.00. The van der Waals surface area contributed by atoms with Gasteiger partial charge >= 0.3 is 0 Å². The fourth-order valence-corrected chi connectivity index (χ4v) is 2.28. The highest BCUT2D eigenvalue weighted by atomic mass is 16.1. The van der Waals surface area contributed by atoms with E-state index >= 15 is 0 Å². The van der Waals surface area contributed by atoms with E-state index in [0.717, 1.165) is 19.3 Å². The number of carbonyl (C=O) groups excluding carboxylic acids is 1. The van der Waals surface area contributed by atoms with Crippen LogP contribution >= 0.6 is 0 Å². The zero-order valence-corrected chi connectivity index (χ0v) is 8.96. The fraction of sp³-hybridized carbons (Fsp3) is 0.833. The van der Waals surface area contributed by atoms with Gasteiger partial charge in [-0.05, 0) is 19.3 Å². The molecule has 1 aliphatic carbocycles. The third kappa shape index (κ3) is 2.83. The quantitative estimate of drug-likeness (QED) is 0.688. The molecule has 1 rings (SSSR count). The van der Waals surface area contributed by atoms with E-state index in [0.29, 0.717) is 12.2 Å². The highest BCUT2D eigenvalue weighted by molar-refractivity contribution is 5.83. The summed E-state index contributed by atoms with van der Waals surface area (Å²) in [6, 6.07) is 2.12. The van der Waals surface area contributed by atoms with Gasteiger partial charge in [-0.2, -0.15) is 5.26 Å². The summed E-state index contributed by atoms with van der Waals surface area (Å²) in [4.78, 5) is 12.0. The highest BCUT2D eigenvalue weighted by Crippen LogP contribution is 2.28. The summed E-state index contributed by atoms with van der Waals surface area (Å²) >= 11 is 0. The van der Waals surface area contributed by atoms with Gasteiger partial charge in [0.1, 0.15) is 5.78 Å². The first-order valence-electron chi connectivity index (χ1n) is 5.70. The Hall–Kier alpha value is -0.840. The second kappa shape index (κ2) is 5.80. The van der Waals surface area contributed by atoms with Crippen LogP contribution in [0.4, 0.5) is 0 Å². The molecule has 0 aliphatic heterocycles. The SMILES string of the molecule is CCC(CC#N)C(=O)C1CCCCC1. The topological polar surface area (TPSA) is 40.9 Å². The van der Waals surface area contributed by atoms with Gasteiger partial charge in [0.25, 0.3) is 0 Å². The Morgan fingerprint density at radius 1 is 1.43 bits per heavy atom. The first kappa shape index (κ1) is 11.2. The first-order chi connectivity index (χ1) is 6.79. The Balaban J connectivity index is 2.48. The van der Waals surface area contributed by atoms with Crippen LogP contribution in [-0.2, 0) is 4.79 Å². The molecule has 0 N–H and O–H groups in total. The third-order valence-corrected chi connectivity index (χ3v) is 3.24. The van der Waals surface area contributed by atoms with Crippen LogP contribution < -0.4 is 0 Å². The molecule has 0 heterocycles. The van der Waals surface area contributed by atoms with Crippen molar-refractivity contribution in [2.45, 2.75) is 51.9 Å². The summed E-state index contributed by atoms with van der Waals surface area (Å²) in [5, 5.41) is 8.61. The molecular weight excluding hydrogens is 174 g/mol. The van der Waals surface area contributed by atoms with Crippen molar-refractivity contribution in [1.82, 2.24) is 0 Å². The zero-order chi connectivity index (χ0) is 10.4. The predicted octanol–water partition coefficient (Wildman–Crippen LogP) is 3.08. The van der Waals surface area contributed by atoms with E-state index in [4.69, 9.17) is 5.26 Å². The van der Waals surface area contributed by atoms with E-state index in [-0.39, 0.29) is 11.8 Å². The van der Waals surface area contributed by atoms with Crippen LogP contribution in [0.25, 0.3) is 0 Å². The Kier molecular flexibility index (Phi) is 4.65. The Morgan fingerprint density at radius 2 is 2.07 bits per heavy atom. The first-order valence-corrected chi connectivity index (χ1v) is 5.70. The molecule has 0 saturated heterocycles. The molecule has 78 valence electrons. The van der Waals surface area contributed by atoms with E-state index in [1.807, 2.05) is 6.92 Å². The number of hydrogen-bond donors (Lipinski definition) is 0. The third-order valence-electron chi connectivity index (χ3n) is 3.24. The second-order valence-corrected chi connectivity index (χ2v) is 4.20. The van der Waals surface area contributed by atoms with Crippen LogP contribution in [0.1, 0.15) is 51.9 Å². The molecule has 1 saturated carbocycles. The minimum absolute atomic E-state index is 0.00287. The largest absolute Gasteiger partial charge is 0.299 e. The van der Waals surface area contributed by atoms with Crippen molar-refractivity contribution >= 4 is 5.78 Å². The van der Waals surface area contributed by atoms with E-state index in [2.05, 4.69) is 6.07 Å². The van der Waals surface area contributed by atoms with Crippen LogP contribution in [0, 0.1) is 23.2 Å². The molecule has 2 nitrogen and oxygen atoms in total. The molecule has 1 atom stereocenters. The summed E-state index contributed by atoms with van der Waals surface area (Å²) in [5.41, 5.74) is 0. The van der Waals surface area contributed by atoms with E-state index < -0.39 is 0 Å². The molecule has 0 amide bonds. The lowest BCUT2D eigenvalue weighted by molar-refractivity contribution is -0.127. The Bertz CT molecular complexity index is 223. The van der Waals surface area contributed by atoms with Crippen LogP contribution in [0.3, 0.4) is 0 Å². The minimum Gasteiger partial charge on any atom is -0.299 e. The molecule has 1 aliphatic rings. The number of nitrogens with zero attached hydrogens (tertiary/aromatic N) is 1. The number of hydrogen-bond acceptors (Lipinski definition) is 2. The summed E-state index contributed by atoms with van der Waals surface area (Å²) < 4.78 is 0. The maximum Gasteiger partial charge on any atom is 0.140 e. The van der Waals surface area contributed by atoms with Crippen LogP contribution in [0.5, 0.6) is 0 Å². The van der Waals surface area contributed by atoms with Gasteiger partial charge in [-0.3, -0.25) is 4.79 Å². The van der Waals surface area contributed by atoms with Crippen LogP contribution in [0.15, 0.2) is 0 Å². The lowest BCUT2D eigenvalue weighted by Gasteiger charge is -2.23. The van der Waals surface area contributed by atoms with Crippen molar-refractivity contribution in [2.24, 2.45) is 11.8 Å². The average Bonchev–Trinajstić information content (AvgIpc) is 2.26. The van der Waals surface area contributed by atoms with Crippen molar-refractivity contribution in [3.63, 3.8) is 0 Å². The summed E-state index contributed by atoms with van der Waals surface area (Å²) in [5.74, 6) is 0.624. The summed E-state index contributed by atoms with van der Waals surface area (Å²) in [6.07, 6.45) is 7.01. The van der Waals surface area contributed by atoms with Crippen molar-refractivity contribution < 1.29 is 4.79 Å². The number of rotatable bonds is 4. The van der Waals surface area contributed by atoms with Gasteiger partial charge in [0.2, 0.25) is 0 Å². The average molecular weight is 193 g/mol. The monoisotopic (exact) mass is 193 g/mol. The number of ketones is 1. The molecule has 2 heteroatoms. The smallest absolute Gasteiger partial charge is 0.140 e. The molecule has 0 bridgehead atoms. The molecule has 0 aromatic heterocycles. The second-order valence-electron chi connectivity index (χ2n) is 4.20. The Morgan fingerprint density at radius 3 is 2.57 bits per heavy atom. The maximum absolute atomic E-state index is 12.0. The molecule has 14 heavy (non-hydrogen) atoms. The van der Waals surface area contributed by atoms with E-state index in [1.54, 1.807) is 0 Å². The molecular formula is C12H19NO. The van der Waals surface area contributed by atoms with Gasteiger partial charge in [-0.1, -0.05) is 26.2 Å². The van der Waals surface area contributed by atoms with Gasteiger partial charge in [0, 0.05) is 18.3 Å². The minimum atomic E-state index is 0.00287. The highest BCUT2D eigenvalue weighted by Gasteiger charge is 2.26. The van der Waals surface area contributed by atoms with E-state index in [9.17, 15) is 4.79 Å². The number of nitriles is 1. The lowest BCUT2D eigenvalue weighted by atomic mass is 9.80. The van der Waals surface area contributed by atoms with Gasteiger partial charge in [0.15, 0.2) is 0 Å². The number of Topliss-reactive ketones (excluding diaryl/α,β-unsaturated/α-hetero) is 1. The normalized spacial score (nSPS) is 20.0. The van der Waals surface area contributed by atoms with Gasteiger partial charge in [-0.15, -0.1) is 0 Å². The Labute approximate surface area is 86.3 Å². The van der Waals surface area contributed by atoms with Gasteiger partial charge in [-0.25, -0.2) is 0 Å². The van der Waals surface area contributed by atoms with Crippen molar-refractivity contribution in [3.05, 3.63) is 0 Å². The predicted molar refractivity (Wildman–Crippen MR) is 55.6 cm³/mol. The zero-order valence-electron chi connectivity index (χ0n) is 8.96. The standard InChI is InChI=1S/C12H19NO/c1-2-10(8-9-13)12(14)11-6-4-3-5-7-11/h10-11H,2-8H2,1H3. The molecule has 0 radical (unpaired) electrons. The maximum atomic E-state index is 12.0. The van der Waals surface area contributed by atoms with Gasteiger partial charge < -0.3 is 0 Å². The van der Waals surface area contributed by atoms with Gasteiger partial charge in [0.05, 0.1) is 6.07 Å². The lowest BCUT2D eigenvalue weighted by Crippen LogP contribution is -2.25. The molecule has 0 spiro atoms. The molecule has 1 unspecified atom stereocenters. The van der Waals surface area contributed by atoms with Crippen LogP contribution in [-0.4, -0.2) is 5.78 Å². The molecule has 1 fully saturated rings. The summed E-state index contributed by atoms with van der Waals surface area (Å²) in [7, 11) is 0. The fourth-order valence-electron chi connectivity index (χ4n) is 2.28. The molecule has 0 aromatic carbocycles. The van der Waals surface area contributed by atoms with E-state index in [1.165, 1.54) is 19.3 Å².